The van der Waals surface area contributed by atoms with Gasteiger partial charge < -0.3 is 20.1 Å². The number of benzene rings is 1. The van der Waals surface area contributed by atoms with Gasteiger partial charge in [-0.25, -0.2) is 4.79 Å². The Labute approximate surface area is 158 Å². The predicted octanol–water partition coefficient (Wildman–Crippen LogP) is 1.61. The summed E-state index contributed by atoms with van der Waals surface area (Å²) in [5, 5.41) is 12.1. The predicted molar refractivity (Wildman–Crippen MR) is 99.4 cm³/mol. The number of carbonyl (C=O) groups excluding carboxylic acids is 3. The number of methoxy groups -OCH3 is 1. The van der Waals surface area contributed by atoms with Crippen LogP contribution in [0.3, 0.4) is 0 Å². The summed E-state index contributed by atoms with van der Waals surface area (Å²) in [6.45, 7) is 4.22. The van der Waals surface area contributed by atoms with E-state index in [0.29, 0.717) is 17.7 Å². The van der Waals surface area contributed by atoms with Gasteiger partial charge in [-0.15, -0.1) is 0 Å². The molecule has 1 amide bonds. The molecule has 7 heteroatoms. The molecule has 1 aromatic rings. The van der Waals surface area contributed by atoms with Gasteiger partial charge in [0.2, 0.25) is 0 Å². The summed E-state index contributed by atoms with van der Waals surface area (Å²) < 4.78 is 4.78. The van der Waals surface area contributed by atoms with E-state index in [0.717, 1.165) is 12.0 Å². The molecule has 0 aromatic heterocycles. The number of aliphatic hydroxyl groups excluding tert-OH is 1. The van der Waals surface area contributed by atoms with Crippen molar-refractivity contribution < 1.29 is 24.2 Å². The third-order valence-electron chi connectivity index (χ3n) is 5.25. The van der Waals surface area contributed by atoms with E-state index in [1.165, 1.54) is 12.0 Å². The average molecular weight is 372 g/mol. The number of ether oxygens (including phenoxy) is 1. The van der Waals surface area contributed by atoms with Gasteiger partial charge in [0, 0.05) is 24.2 Å². The number of hydrogen-bond donors (Lipinski definition) is 2. The van der Waals surface area contributed by atoms with E-state index >= 15 is 0 Å². The minimum absolute atomic E-state index is 0.0747. The number of esters is 1. The van der Waals surface area contributed by atoms with Crippen molar-refractivity contribution in [3.8, 4) is 0 Å². The normalized spacial score (nSPS) is 18.6. The summed E-state index contributed by atoms with van der Waals surface area (Å²) in [7, 11) is 1.26. The van der Waals surface area contributed by atoms with Crippen molar-refractivity contribution in [2.24, 2.45) is 0 Å². The highest BCUT2D eigenvalue weighted by atomic mass is 16.5. The number of aliphatic hydroxyl groups is 1. The van der Waals surface area contributed by atoms with Crippen LogP contribution >= 0.6 is 0 Å². The number of fused-ring (bicyclic) bond motifs is 1. The maximum absolute atomic E-state index is 12.6. The van der Waals surface area contributed by atoms with Gasteiger partial charge in [0.1, 0.15) is 5.70 Å². The number of ketones is 1. The number of nitrogens with zero attached hydrogens (tertiary/aromatic N) is 1. The number of Topliss-reactive ketones (excluding diaryl/α,β-unsaturated/α-hetero) is 1. The number of rotatable bonds is 5. The van der Waals surface area contributed by atoms with Crippen molar-refractivity contribution in [1.29, 1.82) is 0 Å². The molecular formula is C20H24N2O5. The minimum Gasteiger partial charge on any atom is -0.466 e. The first-order chi connectivity index (χ1) is 12.8. The van der Waals surface area contributed by atoms with Crippen LogP contribution in [0, 0.1) is 0 Å². The zero-order valence-electron chi connectivity index (χ0n) is 15.8. The van der Waals surface area contributed by atoms with Crippen molar-refractivity contribution in [3.05, 3.63) is 40.6 Å². The van der Waals surface area contributed by atoms with Gasteiger partial charge in [-0.2, -0.15) is 0 Å². The van der Waals surface area contributed by atoms with Crippen molar-refractivity contribution in [2.75, 3.05) is 32.1 Å². The number of amides is 1. The van der Waals surface area contributed by atoms with Gasteiger partial charge in [-0.05, 0) is 29.5 Å². The fraction of sp³-hybridized carbons (Fsp3) is 0.450. The molecule has 0 atom stereocenters. The molecule has 1 heterocycles. The van der Waals surface area contributed by atoms with Crippen LogP contribution in [-0.4, -0.2) is 54.5 Å². The number of carbonyl (C=O) groups is 3. The molecule has 27 heavy (non-hydrogen) atoms. The maximum Gasteiger partial charge on any atom is 0.337 e. The largest absolute Gasteiger partial charge is 0.466 e. The first-order valence-electron chi connectivity index (χ1n) is 8.95. The Morgan fingerprint density at radius 3 is 2.74 bits per heavy atom. The molecule has 3 rings (SSSR count). The highest BCUT2D eigenvalue weighted by Crippen LogP contribution is 2.38. The summed E-state index contributed by atoms with van der Waals surface area (Å²) >= 11 is 0. The van der Waals surface area contributed by atoms with Crippen LogP contribution in [0.2, 0.25) is 0 Å². The van der Waals surface area contributed by atoms with Crippen LogP contribution in [-0.2, 0) is 19.7 Å². The third kappa shape index (κ3) is 3.47. The second-order valence-electron chi connectivity index (χ2n) is 7.49. The Balaban J connectivity index is 1.95. The van der Waals surface area contributed by atoms with E-state index in [1.807, 2.05) is 12.1 Å². The van der Waals surface area contributed by atoms with Crippen LogP contribution in [0.1, 0.15) is 42.6 Å². The summed E-state index contributed by atoms with van der Waals surface area (Å²) in [5.74, 6) is -0.898. The molecule has 2 aliphatic rings. The first-order valence-corrected chi connectivity index (χ1v) is 8.95. The molecule has 1 aliphatic heterocycles. The molecule has 0 radical (unpaired) electrons. The first kappa shape index (κ1) is 19.1. The molecule has 0 fully saturated rings. The molecule has 7 nitrogen and oxygen atoms in total. The van der Waals surface area contributed by atoms with Crippen molar-refractivity contribution in [2.45, 2.75) is 32.1 Å². The van der Waals surface area contributed by atoms with E-state index < -0.39 is 5.97 Å². The minimum atomic E-state index is -0.596. The Kier molecular flexibility index (Phi) is 5.06. The van der Waals surface area contributed by atoms with E-state index in [-0.39, 0.29) is 48.1 Å². The van der Waals surface area contributed by atoms with E-state index in [1.54, 1.807) is 6.07 Å². The average Bonchev–Trinajstić information content (AvgIpc) is 2.94. The Morgan fingerprint density at radius 2 is 2.07 bits per heavy atom. The molecule has 144 valence electrons. The summed E-state index contributed by atoms with van der Waals surface area (Å²) in [5.41, 5.74) is 2.45. The third-order valence-corrected chi connectivity index (χ3v) is 5.25. The maximum atomic E-state index is 12.6. The second kappa shape index (κ2) is 7.15. The zero-order valence-corrected chi connectivity index (χ0v) is 15.8. The van der Waals surface area contributed by atoms with Gasteiger partial charge in [0.05, 0.1) is 25.8 Å². The Morgan fingerprint density at radius 1 is 1.33 bits per heavy atom. The monoisotopic (exact) mass is 372 g/mol. The lowest BCUT2D eigenvalue weighted by Gasteiger charge is -2.32. The van der Waals surface area contributed by atoms with Crippen molar-refractivity contribution >= 4 is 23.3 Å². The second-order valence-corrected chi connectivity index (χ2v) is 7.49. The van der Waals surface area contributed by atoms with Crippen LogP contribution in [0.4, 0.5) is 5.69 Å². The topological polar surface area (TPSA) is 95.9 Å². The smallest absolute Gasteiger partial charge is 0.337 e. The highest BCUT2D eigenvalue weighted by Gasteiger charge is 2.35. The van der Waals surface area contributed by atoms with Gasteiger partial charge >= 0.3 is 5.97 Å². The number of β-amino-alcohol motifs (C(OH)–C–C–N with tert-alkyl or cyclic N) is 1. The standard InChI is InChI=1S/C20H24N2O5/c1-20(2)7-6-16(24)13-10-12(4-5-15(13)20)21-17-14(19(26)27-3)11-22(8-9-23)18(17)25/h4-5,10,21,23H,6-9,11H2,1-3H3. The Bertz CT molecular complexity index is 841. The van der Waals surface area contributed by atoms with Crippen molar-refractivity contribution in [3.63, 3.8) is 0 Å². The molecule has 0 unspecified atom stereocenters. The van der Waals surface area contributed by atoms with E-state index in [4.69, 9.17) is 9.84 Å². The van der Waals surface area contributed by atoms with Gasteiger partial charge in [-0.1, -0.05) is 19.9 Å². The van der Waals surface area contributed by atoms with Crippen LogP contribution in [0.5, 0.6) is 0 Å². The molecule has 0 saturated carbocycles. The molecule has 0 saturated heterocycles. The quantitative estimate of drug-likeness (QED) is 0.763. The molecule has 1 aromatic carbocycles. The summed E-state index contributed by atoms with van der Waals surface area (Å²) in [6.07, 6.45) is 1.29. The molecule has 1 aliphatic carbocycles. The molecule has 0 bridgehead atoms. The van der Waals surface area contributed by atoms with E-state index in [2.05, 4.69) is 19.2 Å². The van der Waals surface area contributed by atoms with Crippen LogP contribution < -0.4 is 5.32 Å². The molecule has 0 spiro atoms. The fourth-order valence-electron chi connectivity index (χ4n) is 3.63. The number of hydrogen-bond acceptors (Lipinski definition) is 6. The van der Waals surface area contributed by atoms with Gasteiger partial charge in [-0.3, -0.25) is 9.59 Å². The zero-order chi connectivity index (χ0) is 19.8. The van der Waals surface area contributed by atoms with Crippen LogP contribution in [0.15, 0.2) is 29.5 Å². The lowest BCUT2D eigenvalue weighted by atomic mass is 9.72. The lowest BCUT2D eigenvalue weighted by Crippen LogP contribution is -2.31. The fourth-order valence-corrected chi connectivity index (χ4v) is 3.63. The summed E-state index contributed by atoms with van der Waals surface area (Å²) in [6, 6.07) is 5.45. The van der Waals surface area contributed by atoms with E-state index in [9.17, 15) is 14.4 Å². The highest BCUT2D eigenvalue weighted by molar-refractivity contribution is 6.09. The lowest BCUT2D eigenvalue weighted by molar-refractivity contribution is -0.136. The van der Waals surface area contributed by atoms with Crippen molar-refractivity contribution in [1.82, 2.24) is 4.90 Å². The molecular weight excluding hydrogens is 348 g/mol. The molecule has 2 N–H and O–H groups in total. The van der Waals surface area contributed by atoms with Crippen LogP contribution in [0.25, 0.3) is 0 Å². The van der Waals surface area contributed by atoms with Gasteiger partial charge in [0.15, 0.2) is 5.78 Å². The number of nitrogens with one attached hydrogen (secondary N) is 1. The summed E-state index contributed by atoms with van der Waals surface area (Å²) in [4.78, 5) is 38.4. The SMILES string of the molecule is COC(=O)C1=C(Nc2ccc3c(c2)C(=O)CCC3(C)C)C(=O)N(CCO)C1. The Hall–Kier alpha value is -2.67. The number of anilines is 1. The van der Waals surface area contributed by atoms with Gasteiger partial charge in [0.25, 0.3) is 5.91 Å².